The van der Waals surface area contributed by atoms with Gasteiger partial charge in [0.25, 0.3) is 0 Å². The van der Waals surface area contributed by atoms with Crippen LogP contribution in [0, 0.1) is 0 Å². The van der Waals surface area contributed by atoms with Crippen molar-refractivity contribution in [2.75, 3.05) is 29.4 Å². The van der Waals surface area contributed by atoms with Crippen LogP contribution in [0.15, 0.2) is 291 Å². The zero-order valence-electron chi connectivity index (χ0n) is 54.1. The third kappa shape index (κ3) is 6.62. The number of benzene rings is 14. The molecule has 0 aromatic heterocycles. The molecule has 0 saturated heterocycles. The summed E-state index contributed by atoms with van der Waals surface area (Å²) in [6.45, 7) is 9.76. The maximum atomic E-state index is 8.29. The van der Waals surface area contributed by atoms with Gasteiger partial charge in [0.15, 0.2) is 0 Å². The zero-order valence-corrected chi connectivity index (χ0v) is 57.5. The van der Waals surface area contributed by atoms with E-state index in [0.29, 0.717) is 0 Å². The van der Waals surface area contributed by atoms with Crippen LogP contribution in [-0.2, 0) is 34.4 Å². The molecule has 0 bridgehead atoms. The Morgan fingerprint density at radius 3 is 0.806 bits per heavy atom. The maximum Gasteiger partial charge on any atom is 0.0653 e. The van der Waals surface area contributed by atoms with E-state index in [1.54, 1.807) is 0 Å². The van der Waals surface area contributed by atoms with Crippen molar-refractivity contribution in [2.24, 2.45) is 0 Å². The average Bonchev–Trinajstić information content (AvgIpc) is 1.02. The van der Waals surface area contributed by atoms with Crippen LogP contribution in [0.4, 0.5) is 102 Å². The SMILES string of the molecule is CC1(C)c2ccccc2-c2cc3c4c(c21)N(c1ccccc1)c1cccc2c1P4(=S)c1c(cc4c5c6c(cc4c1N2c1ccccc1)N(c1ccccc1)c1cc2c(c4c1P6(=S)c1c(cccc1N5c1ccccc1)N4c1ccccc1)C(C)(C)c1ccccc1-2)N3c1ccccc1. The first kappa shape index (κ1) is 55.6. The van der Waals surface area contributed by atoms with E-state index in [4.69, 9.17) is 23.6 Å². The highest BCUT2D eigenvalue weighted by Crippen LogP contribution is 2.75. The first-order valence-corrected chi connectivity index (χ1v) is 39.5. The van der Waals surface area contributed by atoms with Gasteiger partial charge in [-0.05, 0) is 166 Å². The normalized spacial score (nSPS) is 18.4. The fourth-order valence-electron chi connectivity index (χ4n) is 19.0. The fourth-order valence-corrected chi connectivity index (χ4v) is 29.6. The van der Waals surface area contributed by atoms with Gasteiger partial charge in [-0.2, -0.15) is 0 Å². The monoisotopic (exact) mass is 1330 g/mol. The third-order valence-corrected chi connectivity index (χ3v) is 32.4. The lowest BCUT2D eigenvalue weighted by molar-refractivity contribution is 0.661. The van der Waals surface area contributed by atoms with Crippen LogP contribution in [-0.4, -0.2) is 0 Å². The molecule has 0 spiro atoms. The molecule has 6 aliphatic heterocycles. The van der Waals surface area contributed by atoms with E-state index in [0.717, 1.165) is 102 Å². The van der Waals surface area contributed by atoms with Gasteiger partial charge in [0.05, 0.1) is 80.3 Å². The Morgan fingerprint density at radius 2 is 0.490 bits per heavy atom. The first-order chi connectivity index (χ1) is 48.0. The molecule has 0 fully saturated rings. The number of hydrogen-bond donors (Lipinski definition) is 0. The van der Waals surface area contributed by atoms with Crippen LogP contribution in [0.3, 0.4) is 0 Å². The predicted octanol–water partition coefficient (Wildman–Crippen LogP) is 21.7. The average molecular weight is 1330 g/mol. The van der Waals surface area contributed by atoms with E-state index >= 15 is 0 Å². The van der Waals surface area contributed by atoms with Crippen LogP contribution in [0.25, 0.3) is 33.0 Å². The van der Waals surface area contributed by atoms with Gasteiger partial charge in [0.1, 0.15) is 0 Å². The summed E-state index contributed by atoms with van der Waals surface area (Å²) in [7, 11) is 0. The Kier molecular flexibility index (Phi) is 10.9. The molecule has 2 atom stereocenters. The van der Waals surface area contributed by atoms with Crippen molar-refractivity contribution >= 4 is 181 Å². The molecule has 2 unspecified atom stereocenters. The van der Waals surface area contributed by atoms with Crippen molar-refractivity contribution in [3.8, 4) is 22.3 Å². The van der Waals surface area contributed by atoms with Gasteiger partial charge < -0.3 is 29.4 Å². The molecule has 0 N–H and O–H groups in total. The summed E-state index contributed by atoms with van der Waals surface area (Å²) in [4.78, 5) is 15.7. The maximum absolute atomic E-state index is 8.29. The van der Waals surface area contributed by atoms with E-state index in [9.17, 15) is 0 Å². The second kappa shape index (κ2) is 19.2. The topological polar surface area (TPSA) is 19.4 Å². The molecule has 6 heterocycles. The zero-order chi connectivity index (χ0) is 65.0. The molecule has 22 rings (SSSR count). The summed E-state index contributed by atoms with van der Waals surface area (Å²) in [6, 6.07) is 103. The summed E-state index contributed by atoms with van der Waals surface area (Å²) in [6.07, 6.45) is 0. The van der Waals surface area contributed by atoms with Crippen molar-refractivity contribution in [3.05, 3.63) is 313 Å². The first-order valence-electron chi connectivity index (χ1n) is 33.9. The predicted molar refractivity (Wildman–Crippen MR) is 421 cm³/mol. The number of hydrogen-bond acceptors (Lipinski definition) is 8. The lowest BCUT2D eigenvalue weighted by Crippen LogP contribution is -2.49. The van der Waals surface area contributed by atoms with Crippen molar-refractivity contribution in [1.29, 1.82) is 0 Å². The van der Waals surface area contributed by atoms with Gasteiger partial charge >= 0.3 is 0 Å². The van der Waals surface area contributed by atoms with E-state index in [1.165, 1.54) is 87.7 Å². The van der Waals surface area contributed by atoms with Gasteiger partial charge in [-0.3, -0.25) is 0 Å². The summed E-state index contributed by atoms with van der Waals surface area (Å²) in [5.74, 6) is 0. The molecule has 14 aromatic carbocycles. The van der Waals surface area contributed by atoms with Crippen LogP contribution in [0.5, 0.6) is 0 Å². The second-order valence-electron chi connectivity index (χ2n) is 28.2. The summed E-state index contributed by atoms with van der Waals surface area (Å²) in [5.41, 5.74) is 29.5. The lowest BCUT2D eigenvalue weighted by atomic mass is 9.81. The highest BCUT2D eigenvalue weighted by atomic mass is 32.4. The summed E-state index contributed by atoms with van der Waals surface area (Å²) >= 11 is 16.6. The third-order valence-electron chi connectivity index (χ3n) is 22.6. The standard InChI is InChI=1S/C88H60N6P2S2/c1-87(2)65-43-25-23-41-59(65)61-49-71-85-79(75(61)87)93(57-37-19-9-20-38-57)69-47-27-45-67-81(69)95(85,97)83-73(89(71)53-29-11-5-12-30-53)51-64-63(77(83)91(67)55-33-15-7-16-34-55)52-74-84-78(64)92(56-35-17-8-18-36-56)68-46-28-48-70-82(68)96(84,98)86-72(90(74)54-31-13-6-14-32-54)50-62-60-42-24-26-44-66(60)88(3,4)76(62)80(86)94(70)58-39-21-10-22-40-58/h5-52H,1-4H3. The molecule has 98 heavy (non-hydrogen) atoms. The largest absolute Gasteiger partial charge is 0.309 e. The van der Waals surface area contributed by atoms with Gasteiger partial charge in [0, 0.05) is 87.6 Å². The fraction of sp³-hybridized carbons (Fsp3) is 0.0682. The summed E-state index contributed by atoms with van der Waals surface area (Å²) < 4.78 is 0. The Bertz CT molecular complexity index is 5670. The molecular weight excluding hydrogens is 1270 g/mol. The van der Waals surface area contributed by atoms with Crippen LogP contribution < -0.4 is 61.2 Å². The quantitative estimate of drug-likeness (QED) is 0.152. The highest BCUT2D eigenvalue weighted by molar-refractivity contribution is 8.27. The molecule has 0 radical (unpaired) electrons. The number of para-hydroxylation sites is 6. The van der Waals surface area contributed by atoms with Crippen LogP contribution in [0.1, 0.15) is 49.9 Å². The number of nitrogens with zero attached hydrogens (tertiary/aromatic N) is 6. The van der Waals surface area contributed by atoms with Gasteiger partial charge in [0.2, 0.25) is 0 Å². The van der Waals surface area contributed by atoms with Crippen LogP contribution in [0.2, 0.25) is 0 Å². The smallest absolute Gasteiger partial charge is 0.0653 e. The van der Waals surface area contributed by atoms with E-state index in [-0.39, 0.29) is 0 Å². The molecule has 464 valence electrons. The minimum absolute atomic E-state index is 0.392. The molecule has 14 aromatic rings. The molecule has 6 nitrogen and oxygen atoms in total. The Labute approximate surface area is 580 Å². The molecule has 10 heteroatoms. The Hall–Kier alpha value is -10.6. The Balaban J connectivity index is 0.975. The minimum Gasteiger partial charge on any atom is -0.309 e. The molecule has 2 aliphatic carbocycles. The molecule has 8 aliphatic rings. The minimum atomic E-state index is -3.19. The Morgan fingerprint density at radius 1 is 0.235 bits per heavy atom. The van der Waals surface area contributed by atoms with Gasteiger partial charge in [-0.1, -0.05) is 221 Å². The van der Waals surface area contributed by atoms with Crippen molar-refractivity contribution < 1.29 is 0 Å². The molecule has 0 saturated carbocycles. The number of fused-ring (bicyclic) bond motifs is 11. The van der Waals surface area contributed by atoms with E-state index < -0.39 is 22.9 Å². The molecule has 0 amide bonds. The van der Waals surface area contributed by atoms with E-state index in [2.05, 4.69) is 348 Å². The van der Waals surface area contributed by atoms with Gasteiger partial charge in [-0.15, -0.1) is 0 Å². The molecular formula is C88H60N6P2S2. The van der Waals surface area contributed by atoms with Crippen LogP contribution >= 0.6 is 12.1 Å². The van der Waals surface area contributed by atoms with Crippen molar-refractivity contribution in [1.82, 2.24) is 0 Å². The lowest BCUT2D eigenvalue weighted by Gasteiger charge is -2.54. The highest BCUT2D eigenvalue weighted by Gasteiger charge is 2.59. The van der Waals surface area contributed by atoms with Crippen molar-refractivity contribution in [2.45, 2.75) is 38.5 Å². The van der Waals surface area contributed by atoms with E-state index in [1.807, 2.05) is 0 Å². The second-order valence-corrected chi connectivity index (χ2v) is 36.6. The summed E-state index contributed by atoms with van der Waals surface area (Å²) in [5, 5.41) is 9.50. The van der Waals surface area contributed by atoms with Gasteiger partial charge in [-0.25, -0.2) is 0 Å². The number of anilines is 18. The van der Waals surface area contributed by atoms with Crippen molar-refractivity contribution in [3.63, 3.8) is 0 Å². The number of rotatable bonds is 6.